The highest BCUT2D eigenvalue weighted by atomic mass is 15.1. The van der Waals surface area contributed by atoms with Gasteiger partial charge in [-0.05, 0) is 7.05 Å². The third kappa shape index (κ3) is 1.50. The highest BCUT2D eigenvalue weighted by Gasteiger charge is 2.04. The number of nitrogens with one attached hydrogen (secondary N) is 1. The average molecular weight is 126 g/mol. The monoisotopic (exact) mass is 126 g/mol. The third-order valence-electron chi connectivity index (χ3n) is 1.21. The van der Waals surface area contributed by atoms with E-state index >= 15 is 0 Å². The Labute approximate surface area is 53.9 Å². The van der Waals surface area contributed by atoms with Crippen molar-refractivity contribution in [3.05, 3.63) is 0 Å². The molecular weight excluding hydrogens is 116 g/mol. The molecule has 1 atom stereocenters. The lowest BCUT2D eigenvalue weighted by Gasteiger charge is -2.10. The van der Waals surface area contributed by atoms with Crippen molar-refractivity contribution in [2.75, 3.05) is 13.6 Å². The second-order valence-electron chi connectivity index (χ2n) is 1.87. The van der Waals surface area contributed by atoms with Crippen LogP contribution in [0.2, 0.25) is 0 Å². The largest absolute Gasteiger partial charge is 0.368 e. The Morgan fingerprint density at radius 3 is 3.11 bits per heavy atom. The normalized spacial score (nSPS) is 25.9. The summed E-state index contributed by atoms with van der Waals surface area (Å²) in [6, 6.07) is 0.261. The summed E-state index contributed by atoms with van der Waals surface area (Å²) in [5.41, 5.74) is 5.28. The van der Waals surface area contributed by atoms with Crippen molar-refractivity contribution in [1.29, 1.82) is 0 Å². The summed E-state index contributed by atoms with van der Waals surface area (Å²) < 4.78 is 0. The smallest absolute Gasteiger partial charge is 0.215 e. The van der Waals surface area contributed by atoms with Crippen LogP contribution in [0.25, 0.3) is 0 Å². The van der Waals surface area contributed by atoms with Gasteiger partial charge in [-0.1, -0.05) is 0 Å². The van der Waals surface area contributed by atoms with Gasteiger partial charge in [0.1, 0.15) is 0 Å². The summed E-state index contributed by atoms with van der Waals surface area (Å²) in [5.74, 6) is 0.376. The van der Waals surface area contributed by atoms with E-state index in [0.29, 0.717) is 12.5 Å². The molecule has 0 aliphatic carbocycles. The Morgan fingerprint density at radius 1 is 1.89 bits per heavy atom. The Kier molecular flexibility index (Phi) is 1.79. The molecule has 0 radical (unpaired) electrons. The van der Waals surface area contributed by atoms with Crippen molar-refractivity contribution in [1.82, 2.24) is 5.32 Å². The van der Waals surface area contributed by atoms with Crippen molar-refractivity contribution < 1.29 is 0 Å². The molecule has 3 N–H and O–H groups in total. The molecule has 1 rings (SSSR count). The van der Waals surface area contributed by atoms with Gasteiger partial charge < -0.3 is 11.1 Å². The van der Waals surface area contributed by atoms with Crippen LogP contribution in [0.5, 0.6) is 0 Å². The Hall–Kier alpha value is -0.900. The molecule has 1 unspecified atom stereocenters. The predicted octanol–water partition coefficient (Wildman–Crippen LogP) is -1.03. The number of aliphatic imine (C=N–C) groups is 2. The zero-order valence-corrected chi connectivity index (χ0v) is 5.33. The van der Waals surface area contributed by atoms with E-state index in [-0.39, 0.29) is 6.04 Å². The van der Waals surface area contributed by atoms with Crippen LogP contribution < -0.4 is 11.1 Å². The van der Waals surface area contributed by atoms with Crippen LogP contribution in [0.3, 0.4) is 0 Å². The van der Waals surface area contributed by atoms with Crippen LogP contribution in [-0.2, 0) is 0 Å². The number of nitrogens with zero attached hydrogens (tertiary/aromatic N) is 2. The first-order chi connectivity index (χ1) is 4.33. The van der Waals surface area contributed by atoms with E-state index in [2.05, 4.69) is 15.3 Å². The maximum atomic E-state index is 5.28. The molecule has 0 saturated heterocycles. The number of nitrogens with two attached hydrogens (primary N) is 1. The first-order valence-corrected chi connectivity index (χ1v) is 2.84. The maximum Gasteiger partial charge on any atom is 0.215 e. The summed E-state index contributed by atoms with van der Waals surface area (Å²) in [7, 11) is 1.87. The summed E-state index contributed by atoms with van der Waals surface area (Å²) in [6.45, 7) is 0.700. The van der Waals surface area contributed by atoms with Gasteiger partial charge >= 0.3 is 0 Å². The number of hydrogen-bond acceptors (Lipinski definition) is 4. The fourth-order valence-corrected chi connectivity index (χ4v) is 0.612. The topological polar surface area (TPSA) is 62.8 Å². The van der Waals surface area contributed by atoms with E-state index in [1.54, 1.807) is 6.21 Å². The lowest BCUT2D eigenvalue weighted by Crippen LogP contribution is -2.34. The molecule has 0 amide bonds. The minimum atomic E-state index is 0.261. The maximum absolute atomic E-state index is 5.28. The van der Waals surface area contributed by atoms with Crippen molar-refractivity contribution >= 4 is 12.2 Å². The number of hydrogen-bond donors (Lipinski definition) is 2. The lowest BCUT2D eigenvalue weighted by atomic mass is 10.3. The van der Waals surface area contributed by atoms with Crippen LogP contribution >= 0.6 is 0 Å². The quantitative estimate of drug-likeness (QED) is 0.472. The zero-order valence-electron chi connectivity index (χ0n) is 5.33. The summed E-state index contributed by atoms with van der Waals surface area (Å²) >= 11 is 0. The molecule has 0 aromatic rings. The molecule has 0 fully saturated rings. The van der Waals surface area contributed by atoms with E-state index in [9.17, 15) is 0 Å². The predicted molar refractivity (Wildman–Crippen MR) is 37.8 cm³/mol. The first kappa shape index (κ1) is 6.22. The highest BCUT2D eigenvalue weighted by molar-refractivity contribution is 5.89. The third-order valence-corrected chi connectivity index (χ3v) is 1.21. The fourth-order valence-electron chi connectivity index (χ4n) is 0.612. The molecule has 0 saturated carbocycles. The minimum absolute atomic E-state index is 0.261. The van der Waals surface area contributed by atoms with E-state index in [4.69, 9.17) is 5.73 Å². The standard InChI is InChI=1S/C5H10N4/c1-7-4-2-8-5(6)9-3-4/h2,4,7H,3H2,1H3,(H2,6,9). The molecule has 4 nitrogen and oxygen atoms in total. The van der Waals surface area contributed by atoms with Crippen molar-refractivity contribution in [2.45, 2.75) is 6.04 Å². The van der Waals surface area contributed by atoms with Crippen molar-refractivity contribution in [2.24, 2.45) is 15.7 Å². The molecule has 0 aromatic carbocycles. The molecule has 9 heavy (non-hydrogen) atoms. The molecule has 50 valence electrons. The first-order valence-electron chi connectivity index (χ1n) is 2.84. The molecule has 0 spiro atoms. The molecule has 0 bridgehead atoms. The van der Waals surface area contributed by atoms with Crippen LogP contribution in [0.1, 0.15) is 0 Å². The van der Waals surface area contributed by atoms with Crippen LogP contribution in [0, 0.1) is 0 Å². The molecule has 4 heteroatoms. The minimum Gasteiger partial charge on any atom is -0.368 e. The van der Waals surface area contributed by atoms with Gasteiger partial charge in [0.25, 0.3) is 0 Å². The highest BCUT2D eigenvalue weighted by Crippen LogP contribution is 1.87. The Balaban J connectivity index is 2.48. The summed E-state index contributed by atoms with van der Waals surface area (Å²) in [4.78, 5) is 7.74. The van der Waals surface area contributed by atoms with Gasteiger partial charge in [-0.25, -0.2) is 9.98 Å². The molecule has 1 aliphatic rings. The Bertz CT molecular complexity index is 149. The van der Waals surface area contributed by atoms with Gasteiger partial charge in [0.05, 0.1) is 12.6 Å². The van der Waals surface area contributed by atoms with Gasteiger partial charge in [0.15, 0.2) is 0 Å². The zero-order chi connectivity index (χ0) is 6.69. The van der Waals surface area contributed by atoms with Crippen LogP contribution in [0.4, 0.5) is 0 Å². The SMILES string of the molecule is CNC1C=NC(N)=NC1. The second-order valence-corrected chi connectivity index (χ2v) is 1.87. The van der Waals surface area contributed by atoms with Crippen LogP contribution in [0.15, 0.2) is 9.98 Å². The second kappa shape index (κ2) is 2.59. The van der Waals surface area contributed by atoms with Crippen LogP contribution in [-0.4, -0.2) is 31.8 Å². The lowest BCUT2D eigenvalue weighted by molar-refractivity contribution is 0.712. The van der Waals surface area contributed by atoms with Gasteiger partial charge in [-0.15, -0.1) is 0 Å². The molecular formula is C5H10N4. The van der Waals surface area contributed by atoms with Crippen molar-refractivity contribution in [3.63, 3.8) is 0 Å². The van der Waals surface area contributed by atoms with Crippen molar-refractivity contribution in [3.8, 4) is 0 Å². The van der Waals surface area contributed by atoms with E-state index in [1.165, 1.54) is 0 Å². The number of guanidine groups is 1. The van der Waals surface area contributed by atoms with E-state index in [1.807, 2.05) is 7.05 Å². The van der Waals surface area contributed by atoms with Gasteiger partial charge in [-0.3, -0.25) is 0 Å². The molecule has 0 aromatic heterocycles. The number of likely N-dealkylation sites (N-methyl/N-ethyl adjacent to an activating group) is 1. The number of rotatable bonds is 1. The molecule has 1 heterocycles. The van der Waals surface area contributed by atoms with E-state index < -0.39 is 0 Å². The van der Waals surface area contributed by atoms with Gasteiger partial charge in [-0.2, -0.15) is 0 Å². The fraction of sp³-hybridized carbons (Fsp3) is 0.600. The van der Waals surface area contributed by atoms with Gasteiger partial charge in [0, 0.05) is 6.21 Å². The van der Waals surface area contributed by atoms with E-state index in [0.717, 1.165) is 0 Å². The molecule has 1 aliphatic heterocycles. The summed E-state index contributed by atoms with van der Waals surface area (Å²) in [6.07, 6.45) is 1.77. The summed E-state index contributed by atoms with van der Waals surface area (Å²) in [5, 5.41) is 3.01. The van der Waals surface area contributed by atoms with Gasteiger partial charge in [0.2, 0.25) is 5.96 Å². The Morgan fingerprint density at radius 2 is 2.67 bits per heavy atom. The average Bonchev–Trinajstić information content (AvgIpc) is 1.90.